The van der Waals surface area contributed by atoms with Crippen LogP contribution < -0.4 is 5.43 Å². The van der Waals surface area contributed by atoms with Crippen LogP contribution in [0.2, 0.25) is 0 Å². The quantitative estimate of drug-likeness (QED) is 0.391. The number of fused-ring (bicyclic) bond motifs is 1. The van der Waals surface area contributed by atoms with Crippen LogP contribution in [0, 0.1) is 6.92 Å². The normalized spacial score (nSPS) is 10.2. The lowest BCUT2D eigenvalue weighted by molar-refractivity contribution is -0.140. The van der Waals surface area contributed by atoms with Crippen molar-refractivity contribution in [3.05, 3.63) is 75.9 Å². The Bertz CT molecular complexity index is 948. The topological polar surface area (TPSA) is 56.5 Å². The van der Waals surface area contributed by atoms with Gasteiger partial charge in [0.25, 0.3) is 0 Å². The fourth-order valence-electron chi connectivity index (χ4n) is 2.50. The number of benzene rings is 2. The molecule has 0 fully saturated rings. The Labute approximate surface area is 169 Å². The molecule has 0 N–H and O–H groups in total. The molecule has 0 atom stereocenters. The number of esters is 1. The van der Waals surface area contributed by atoms with E-state index in [4.69, 9.17) is 4.42 Å². The zero-order valence-electron chi connectivity index (χ0n) is 16.6. The van der Waals surface area contributed by atoms with Crippen molar-refractivity contribution in [1.82, 2.24) is 0 Å². The smallest absolute Gasteiger partial charge is 0.305 e. The molecule has 5 heteroatoms. The van der Waals surface area contributed by atoms with E-state index >= 15 is 0 Å². The van der Waals surface area contributed by atoms with E-state index in [1.807, 2.05) is 50.2 Å². The molecule has 0 aliphatic rings. The molecule has 0 saturated heterocycles. The Morgan fingerprint density at radius 1 is 1.07 bits per heavy atom. The van der Waals surface area contributed by atoms with Crippen LogP contribution in [0.3, 0.4) is 0 Å². The molecule has 0 unspecified atom stereocenters. The van der Waals surface area contributed by atoms with Gasteiger partial charge in [-0.2, -0.15) is 0 Å². The summed E-state index contributed by atoms with van der Waals surface area (Å²) in [5.41, 5.74) is 2.61. The zero-order chi connectivity index (χ0) is 20.4. The van der Waals surface area contributed by atoms with Crippen LogP contribution in [-0.2, 0) is 15.3 Å². The Balaban J connectivity index is 0.000000300. The maximum Gasteiger partial charge on any atom is 0.305 e. The summed E-state index contributed by atoms with van der Waals surface area (Å²) < 4.78 is 10.3. The van der Waals surface area contributed by atoms with E-state index < -0.39 is 0 Å². The second-order valence-electron chi connectivity index (χ2n) is 6.29. The fourth-order valence-corrected chi connectivity index (χ4v) is 3.45. The first kappa shape index (κ1) is 21.8. The monoisotopic (exact) mass is 398 g/mol. The molecule has 0 spiro atoms. The molecule has 3 rings (SSSR count). The predicted molar refractivity (Wildman–Crippen MR) is 115 cm³/mol. The maximum absolute atomic E-state index is 12.3. The molecule has 1 heterocycles. The van der Waals surface area contributed by atoms with Crippen molar-refractivity contribution in [2.24, 2.45) is 0 Å². The van der Waals surface area contributed by atoms with Gasteiger partial charge in [0, 0.05) is 17.7 Å². The number of carbonyl (C=O) groups excluding carboxylic acids is 1. The number of para-hydroxylation sites is 1. The van der Waals surface area contributed by atoms with Crippen LogP contribution >= 0.6 is 11.8 Å². The highest BCUT2D eigenvalue weighted by atomic mass is 32.2. The van der Waals surface area contributed by atoms with Crippen molar-refractivity contribution >= 4 is 28.7 Å². The van der Waals surface area contributed by atoms with Crippen molar-refractivity contribution in [1.29, 1.82) is 0 Å². The summed E-state index contributed by atoms with van der Waals surface area (Å²) >= 11 is 1.56. The maximum atomic E-state index is 12.3. The minimum absolute atomic E-state index is 0.0578. The number of hydrogen-bond donors (Lipinski definition) is 0. The van der Waals surface area contributed by atoms with Gasteiger partial charge in [0.2, 0.25) is 0 Å². The first-order valence-corrected chi connectivity index (χ1v) is 10.3. The van der Waals surface area contributed by atoms with Gasteiger partial charge >= 0.3 is 5.97 Å². The molecule has 3 aromatic rings. The highest BCUT2D eigenvalue weighted by Crippen LogP contribution is 2.27. The van der Waals surface area contributed by atoms with Crippen LogP contribution in [0.5, 0.6) is 0 Å². The van der Waals surface area contributed by atoms with E-state index in [1.54, 1.807) is 17.8 Å². The third-order valence-corrected chi connectivity index (χ3v) is 5.29. The van der Waals surface area contributed by atoms with Crippen LogP contribution in [0.25, 0.3) is 11.0 Å². The number of unbranched alkanes of at least 4 members (excludes halogenated alkanes) is 1. The van der Waals surface area contributed by atoms with Gasteiger partial charge in [-0.3, -0.25) is 9.59 Å². The molecule has 0 radical (unpaired) electrons. The van der Waals surface area contributed by atoms with Gasteiger partial charge < -0.3 is 9.15 Å². The average molecular weight is 399 g/mol. The first-order valence-electron chi connectivity index (χ1n) is 9.32. The second kappa shape index (κ2) is 11.3. The molecule has 28 heavy (non-hydrogen) atoms. The van der Waals surface area contributed by atoms with Gasteiger partial charge in [-0.25, -0.2) is 0 Å². The molecule has 148 valence electrons. The van der Waals surface area contributed by atoms with Gasteiger partial charge in [0.15, 0.2) is 10.5 Å². The number of ether oxygens (including phenoxy) is 1. The van der Waals surface area contributed by atoms with Crippen molar-refractivity contribution < 1.29 is 13.9 Å². The number of methoxy groups -OCH3 is 1. The lowest BCUT2D eigenvalue weighted by atomic mass is 10.2. The number of rotatable bonds is 6. The van der Waals surface area contributed by atoms with E-state index in [1.165, 1.54) is 12.7 Å². The molecule has 0 aliphatic heterocycles. The SMILES string of the molecule is CCCCC(=O)OC.Cc1c(SCc2ccccc2)oc2ccccc2c1=O. The fraction of sp³-hybridized carbons (Fsp3) is 0.304. The van der Waals surface area contributed by atoms with Crippen molar-refractivity contribution in [2.75, 3.05) is 7.11 Å². The van der Waals surface area contributed by atoms with E-state index in [0.717, 1.165) is 18.6 Å². The number of thioether (sulfide) groups is 1. The van der Waals surface area contributed by atoms with Gasteiger partial charge in [-0.05, 0) is 31.0 Å². The second-order valence-corrected chi connectivity index (χ2v) is 7.24. The molecular formula is C23H26O4S. The van der Waals surface area contributed by atoms with Gasteiger partial charge in [0.05, 0.1) is 12.5 Å². The van der Waals surface area contributed by atoms with E-state index in [2.05, 4.69) is 16.9 Å². The Hall–Kier alpha value is -2.53. The van der Waals surface area contributed by atoms with Crippen molar-refractivity contribution in [3.8, 4) is 0 Å². The Kier molecular flexibility index (Phi) is 8.82. The number of carbonyl (C=O) groups is 1. The van der Waals surface area contributed by atoms with Gasteiger partial charge in [-0.15, -0.1) is 0 Å². The molecular weight excluding hydrogens is 372 g/mol. The summed E-state index contributed by atoms with van der Waals surface area (Å²) in [5, 5.41) is 1.35. The average Bonchev–Trinajstić information content (AvgIpc) is 2.74. The Morgan fingerprint density at radius 3 is 2.43 bits per heavy atom. The minimum atomic E-state index is -0.105. The molecule has 0 bridgehead atoms. The predicted octanol–water partition coefficient (Wildman–Crippen LogP) is 5.74. The van der Waals surface area contributed by atoms with Crippen LogP contribution in [0.15, 0.2) is 68.9 Å². The minimum Gasteiger partial charge on any atom is -0.469 e. The summed E-state index contributed by atoms with van der Waals surface area (Å²) in [5.74, 6) is 0.690. The van der Waals surface area contributed by atoms with Gasteiger partial charge in [0.1, 0.15) is 5.58 Å². The van der Waals surface area contributed by atoms with E-state index in [0.29, 0.717) is 28.0 Å². The molecule has 0 saturated carbocycles. The van der Waals surface area contributed by atoms with Gasteiger partial charge in [-0.1, -0.05) is 67.6 Å². The van der Waals surface area contributed by atoms with E-state index in [-0.39, 0.29) is 11.4 Å². The lowest BCUT2D eigenvalue weighted by Crippen LogP contribution is -2.06. The first-order chi connectivity index (χ1) is 13.6. The molecule has 1 aromatic heterocycles. The van der Waals surface area contributed by atoms with Crippen LogP contribution in [-0.4, -0.2) is 13.1 Å². The molecule has 2 aromatic carbocycles. The highest BCUT2D eigenvalue weighted by molar-refractivity contribution is 7.98. The summed E-state index contributed by atoms with van der Waals surface area (Å²) in [7, 11) is 1.41. The summed E-state index contributed by atoms with van der Waals surface area (Å²) in [6, 6.07) is 17.5. The largest absolute Gasteiger partial charge is 0.469 e. The summed E-state index contributed by atoms with van der Waals surface area (Å²) in [6.07, 6.45) is 2.55. The summed E-state index contributed by atoms with van der Waals surface area (Å²) in [4.78, 5) is 22.6. The van der Waals surface area contributed by atoms with Crippen LogP contribution in [0.1, 0.15) is 37.3 Å². The third kappa shape index (κ3) is 6.27. The number of hydrogen-bond acceptors (Lipinski definition) is 5. The van der Waals surface area contributed by atoms with E-state index in [9.17, 15) is 9.59 Å². The Morgan fingerprint density at radius 2 is 1.75 bits per heavy atom. The molecule has 0 amide bonds. The third-order valence-electron chi connectivity index (χ3n) is 4.16. The lowest BCUT2D eigenvalue weighted by Gasteiger charge is -2.06. The standard InChI is InChI=1S/C17H14O2S.C6H12O2/c1-12-16(18)14-9-5-6-10-15(14)19-17(12)20-11-13-7-3-2-4-8-13;1-3-4-5-6(7)8-2/h2-10H,11H2,1H3;3-5H2,1-2H3. The summed E-state index contributed by atoms with van der Waals surface area (Å²) in [6.45, 7) is 3.87. The van der Waals surface area contributed by atoms with Crippen LogP contribution in [0.4, 0.5) is 0 Å². The van der Waals surface area contributed by atoms with Crippen molar-refractivity contribution in [2.45, 2.75) is 44.0 Å². The molecule has 0 aliphatic carbocycles. The van der Waals surface area contributed by atoms with Crippen molar-refractivity contribution in [3.63, 3.8) is 0 Å². The highest BCUT2D eigenvalue weighted by Gasteiger charge is 2.10. The molecule has 4 nitrogen and oxygen atoms in total. The zero-order valence-corrected chi connectivity index (χ0v) is 17.4.